The number of imide groups is 2. The number of hydrogen-bond donors (Lipinski definition) is 14. The van der Waals surface area contributed by atoms with Gasteiger partial charge in [0.25, 0.3) is 11.8 Å². The topological polar surface area (TPSA) is 700 Å². The quantitative estimate of drug-likeness (QED) is 0.0261. The number of aliphatic carboxylic acids is 4. The average Bonchev–Trinajstić information content (AvgIpc) is 1.69. The summed E-state index contributed by atoms with van der Waals surface area (Å²) in [6.45, 7) is 15.1. The molecular formula is C68H102N12O32. The zero-order chi connectivity index (χ0) is 88.2. The molecule has 15 N–H and O–H groups in total. The van der Waals surface area contributed by atoms with Crippen molar-refractivity contribution in [2.75, 3.05) is 27.2 Å². The smallest absolute Gasteiger partial charge is 0.326 e. The Morgan fingerprint density at radius 1 is 0.339 bits per heavy atom. The number of amides is 14. The Morgan fingerprint density at radius 2 is 0.589 bits per heavy atom. The van der Waals surface area contributed by atoms with Crippen LogP contribution in [0.15, 0.2) is 0 Å². The highest BCUT2D eigenvalue weighted by Crippen LogP contribution is 2.15. The molecule has 7 atom stereocenters. The normalized spacial score (nSPS) is 14.0. The van der Waals surface area contributed by atoms with E-state index in [4.69, 9.17) is 26.2 Å². The van der Waals surface area contributed by atoms with Crippen molar-refractivity contribution in [1.29, 1.82) is 0 Å². The average molecular weight is 1600 g/mol. The molecule has 0 bridgehead atoms. The Bertz CT molecular complexity index is 3190. The summed E-state index contributed by atoms with van der Waals surface area (Å²) in [5, 5.41) is 54.9. The van der Waals surface area contributed by atoms with E-state index in [0.29, 0.717) is 0 Å². The first-order valence-corrected chi connectivity index (χ1v) is 33.8. The van der Waals surface area contributed by atoms with Gasteiger partial charge in [0.1, 0.15) is 76.2 Å². The molecule has 0 aromatic heterocycles. The lowest BCUT2D eigenvalue weighted by molar-refractivity contribution is -0.142. The van der Waals surface area contributed by atoms with Gasteiger partial charge in [-0.3, -0.25) is 101 Å². The van der Waals surface area contributed by atoms with Crippen molar-refractivity contribution in [2.24, 2.45) is 5.73 Å². The Kier molecular flexibility index (Phi) is 56.6. The largest absolute Gasteiger partial charge is 0.481 e. The van der Waals surface area contributed by atoms with Crippen molar-refractivity contribution in [2.45, 2.75) is 235 Å². The second-order valence-corrected chi connectivity index (χ2v) is 24.7. The van der Waals surface area contributed by atoms with Gasteiger partial charge >= 0.3 is 35.9 Å². The van der Waals surface area contributed by atoms with Gasteiger partial charge in [-0.15, -0.1) is 0 Å². The van der Waals surface area contributed by atoms with Crippen molar-refractivity contribution in [3.8, 4) is 0 Å². The first-order chi connectivity index (χ1) is 51.5. The zero-order valence-corrected chi connectivity index (χ0v) is 64.7. The number of rotatable bonds is 41. The van der Waals surface area contributed by atoms with Crippen LogP contribution in [0.1, 0.15) is 192 Å². The zero-order valence-electron chi connectivity index (χ0n) is 64.7. The first kappa shape index (κ1) is 108. The van der Waals surface area contributed by atoms with Crippen molar-refractivity contribution < 1.29 is 155 Å². The summed E-state index contributed by atoms with van der Waals surface area (Å²) in [4.78, 5) is 308. The molecule has 0 unspecified atom stereocenters. The maximum atomic E-state index is 11.5. The van der Waals surface area contributed by atoms with Crippen LogP contribution in [0.4, 0.5) is 9.59 Å². The van der Waals surface area contributed by atoms with Crippen molar-refractivity contribution in [3.05, 3.63) is 0 Å². The predicted octanol–water partition coefficient (Wildman–Crippen LogP) is -3.82. The van der Waals surface area contributed by atoms with Crippen molar-refractivity contribution in [3.63, 3.8) is 0 Å². The van der Waals surface area contributed by atoms with Crippen LogP contribution in [0.3, 0.4) is 0 Å². The van der Waals surface area contributed by atoms with Gasteiger partial charge in [0.05, 0.1) is 63.3 Å². The molecule has 2 rings (SSSR count). The maximum Gasteiger partial charge on any atom is 0.326 e. The lowest BCUT2D eigenvalue weighted by Gasteiger charge is -2.14. The highest BCUT2D eigenvalue weighted by Gasteiger charge is 2.41. The minimum atomic E-state index is -1.29. The summed E-state index contributed by atoms with van der Waals surface area (Å²) < 4.78 is 0. The lowest BCUT2D eigenvalue weighted by Crippen LogP contribution is -2.45. The molecular weight excluding hydrogens is 1500 g/mol. The SMILES string of the molecule is CC(=O)CCC(=O)[C@H](CC(=O)O)NC(C)=O.CC(=O)CCC(=O)[C@H](CC(=O)O)NC(C)=O.CC(=O)CCC(=O)[C@H](CC(N)=O)NC(C)=O.CC(=O)CN1C(=O)C[C@@H](NC(C)=O)C1=O.CC(=O)CN1C(=O)C[C@H](NC(C)=O)C1=O.CNC(=O)N[C@H](CC(=O)CCC(C)=O)C(=O)O.CNC(=O)N[C@H](CC(=O)CCC(C)=O)C(=O)O. The Labute approximate surface area is 642 Å². The minimum Gasteiger partial charge on any atom is -0.481 e. The van der Waals surface area contributed by atoms with E-state index >= 15 is 0 Å². The van der Waals surface area contributed by atoms with Crippen LogP contribution < -0.4 is 53.6 Å². The van der Waals surface area contributed by atoms with Gasteiger partial charge in [-0.05, 0) is 48.5 Å². The molecule has 0 saturated carbocycles. The van der Waals surface area contributed by atoms with E-state index in [2.05, 4.69) is 47.9 Å². The number of urea groups is 2. The van der Waals surface area contributed by atoms with Crippen LogP contribution in [0.25, 0.3) is 0 Å². The third-order valence-corrected chi connectivity index (χ3v) is 13.7. The highest BCUT2D eigenvalue weighted by atomic mass is 16.4. The monoisotopic (exact) mass is 1600 g/mol. The fourth-order valence-corrected chi connectivity index (χ4v) is 8.45. The van der Waals surface area contributed by atoms with Crippen LogP contribution >= 0.6 is 0 Å². The number of Topliss-reactive ketones (excluding diaryl/α,β-unsaturated/α-hetero) is 12. The fourth-order valence-electron chi connectivity index (χ4n) is 8.45. The molecule has 2 fully saturated rings. The summed E-state index contributed by atoms with van der Waals surface area (Å²) in [5.41, 5.74) is 4.95. The maximum absolute atomic E-state index is 11.5. The molecule has 2 heterocycles. The van der Waals surface area contributed by atoms with Crippen molar-refractivity contribution in [1.82, 2.24) is 57.7 Å². The van der Waals surface area contributed by atoms with Gasteiger partial charge in [0.2, 0.25) is 47.3 Å². The number of ketones is 12. The molecule has 2 aliphatic heterocycles. The summed E-state index contributed by atoms with van der Waals surface area (Å²) >= 11 is 0. The Morgan fingerprint density at radius 3 is 0.786 bits per heavy atom. The molecule has 0 spiro atoms. The van der Waals surface area contributed by atoms with Gasteiger partial charge < -0.3 is 98.0 Å². The Balaban J connectivity index is -0.000000398. The molecule has 44 nitrogen and oxygen atoms in total. The number of primary amides is 1. The second-order valence-electron chi connectivity index (χ2n) is 24.7. The predicted molar refractivity (Wildman–Crippen MR) is 382 cm³/mol. The number of carbonyl (C=O) groups is 28. The van der Waals surface area contributed by atoms with E-state index in [1.165, 1.54) is 97.2 Å². The number of carboxylic acid groups (broad SMARTS) is 4. The van der Waals surface area contributed by atoms with Crippen LogP contribution in [-0.4, -0.2) is 264 Å². The molecule has 44 heteroatoms. The number of carbonyl (C=O) groups excluding carboxylic acids is 24. The highest BCUT2D eigenvalue weighted by molar-refractivity contribution is 6.10. The third kappa shape index (κ3) is 58.6. The number of nitrogens with one attached hydrogen (secondary N) is 9. The number of nitrogens with zero attached hydrogens (tertiary/aromatic N) is 2. The number of hydrogen-bond acceptors (Lipinski definition) is 28. The van der Waals surface area contributed by atoms with Crippen LogP contribution in [0.2, 0.25) is 0 Å². The van der Waals surface area contributed by atoms with Gasteiger partial charge in [-0.1, -0.05) is 0 Å². The van der Waals surface area contributed by atoms with Crippen molar-refractivity contribution >= 4 is 164 Å². The second kappa shape index (κ2) is 58.6. The van der Waals surface area contributed by atoms with E-state index in [1.54, 1.807) is 0 Å². The van der Waals surface area contributed by atoms with Gasteiger partial charge in [-0.25, -0.2) is 19.2 Å². The van der Waals surface area contributed by atoms with E-state index in [0.717, 1.165) is 9.80 Å². The molecule has 0 aromatic carbocycles. The van der Waals surface area contributed by atoms with E-state index in [-0.39, 0.29) is 179 Å². The summed E-state index contributed by atoms with van der Waals surface area (Å²) in [7, 11) is 2.68. The van der Waals surface area contributed by atoms with Crippen LogP contribution in [0.5, 0.6) is 0 Å². The molecule has 626 valence electrons. The lowest BCUT2D eigenvalue weighted by atomic mass is 10.0. The fraction of sp³-hybridized carbons (Fsp3) is 0.588. The van der Waals surface area contributed by atoms with E-state index < -0.39 is 150 Å². The molecule has 2 aliphatic rings. The number of likely N-dealkylation sites (tertiary alicyclic amines) is 2. The third-order valence-electron chi connectivity index (χ3n) is 13.7. The summed E-state index contributed by atoms with van der Waals surface area (Å²) in [6.07, 6.45) is -1.63. The Hall–Kier alpha value is -12.4. The molecule has 0 aromatic rings. The van der Waals surface area contributed by atoms with Gasteiger partial charge in [0, 0.05) is 126 Å². The summed E-state index contributed by atoms with van der Waals surface area (Å²) in [6, 6.07) is -8.51. The first-order valence-electron chi connectivity index (χ1n) is 33.8. The van der Waals surface area contributed by atoms with Crippen LogP contribution in [0, 0.1) is 0 Å². The van der Waals surface area contributed by atoms with Gasteiger partial charge in [0.15, 0.2) is 17.3 Å². The van der Waals surface area contributed by atoms with E-state index in [1.807, 2.05) is 0 Å². The van der Waals surface area contributed by atoms with Crippen LogP contribution in [-0.2, 0) is 125 Å². The van der Waals surface area contributed by atoms with E-state index in [9.17, 15) is 134 Å². The molecule has 0 aliphatic carbocycles. The molecule has 2 saturated heterocycles. The van der Waals surface area contributed by atoms with Gasteiger partial charge in [-0.2, -0.15) is 0 Å². The summed E-state index contributed by atoms with van der Waals surface area (Å²) in [5.74, 6) is -12.7. The standard InChI is InChI=1S/2C10H16N2O5.C10H16N2O4.2C10H15NO5.2C9H12N2O4/c2*1-6(13)3-4-7(14)5-8(9(15)16)12-10(17)11-2;1-6(13)3-4-9(15)8(5-10(11)16)12-7(2)14;2*1-6(12)3-4-9(14)8(5-10(15)16)11-7(2)13;2*1-5(12)4-11-8(14)3-7(9(11)15)10-6(2)13/h2*8H,3-5H2,1-2H3,(H,15,16)(H2,11,12,17);8H,3-5H2,1-2H3,(H2,11,16)(H,12,14);2*8H,3-5H2,1-2H3,(H,11,13)(H,15,16);2*7H,3-4H2,1-2H3,(H,10,13)/t5*8-;2*7-/m1100010/s1. The minimum absolute atomic E-state index is 0.00542. The number of nitrogens with two attached hydrogens (primary N) is 1. The molecule has 14 amide bonds. The molecule has 0 radical (unpaired) electrons. The number of carboxylic acids is 4. The molecule has 112 heavy (non-hydrogen) atoms.